The summed E-state index contributed by atoms with van der Waals surface area (Å²) in [6, 6.07) is 7.80. The van der Waals surface area contributed by atoms with Gasteiger partial charge < -0.3 is 4.90 Å². The zero-order valence-corrected chi connectivity index (χ0v) is 20.0. The molecule has 0 radical (unpaired) electrons. The average Bonchev–Trinajstić information content (AvgIpc) is 3.27. The van der Waals surface area contributed by atoms with E-state index in [0.29, 0.717) is 35.9 Å². The molecule has 1 aliphatic heterocycles. The van der Waals surface area contributed by atoms with Gasteiger partial charge in [-0.2, -0.15) is 5.10 Å². The molecule has 7 rings (SSSR count). The Bertz CT molecular complexity index is 1070. The molecule has 34 heavy (non-hydrogen) atoms. The van der Waals surface area contributed by atoms with Crippen molar-refractivity contribution >= 4 is 23.2 Å². The molecule has 4 saturated carbocycles. The van der Waals surface area contributed by atoms with Gasteiger partial charge in [0.25, 0.3) is 5.91 Å². The molecule has 5 aliphatic rings. The van der Waals surface area contributed by atoms with Crippen molar-refractivity contribution in [1.82, 2.24) is 19.6 Å². The molecule has 2 aromatic rings. The molecule has 1 aromatic heterocycles. The summed E-state index contributed by atoms with van der Waals surface area (Å²) >= 11 is 5.98. The third-order valence-corrected chi connectivity index (χ3v) is 8.82. The first-order valence-corrected chi connectivity index (χ1v) is 12.8. The fourth-order valence-corrected chi connectivity index (χ4v) is 7.47. The molecule has 2 heterocycles. The topological polar surface area (TPSA) is 84.5 Å². The quantitative estimate of drug-likeness (QED) is 0.467. The summed E-state index contributed by atoms with van der Waals surface area (Å²) in [6.45, 7) is 3.30. The molecule has 8 nitrogen and oxygen atoms in total. The number of halogens is 1. The van der Waals surface area contributed by atoms with E-state index in [1.165, 1.54) is 24.8 Å². The van der Waals surface area contributed by atoms with Gasteiger partial charge in [0.1, 0.15) is 6.20 Å². The summed E-state index contributed by atoms with van der Waals surface area (Å²) in [5.74, 6) is 1.77. The minimum absolute atomic E-state index is 0.00639. The zero-order chi connectivity index (χ0) is 23.4. The molecular formula is C25H30ClN5O3. The molecule has 9 heteroatoms. The summed E-state index contributed by atoms with van der Waals surface area (Å²) in [7, 11) is 0. The standard InChI is InChI=1S/C25H30ClN5O3/c26-21-3-1-17(2-4-21)15-28-5-7-29(8-6-28)24(32)23-22(31(33)34)16-30(27-23)25-12-18-9-19(13-25)11-20(10-18)14-25/h1-4,16,18-20H,5-15H2. The van der Waals surface area contributed by atoms with Gasteiger partial charge in [0.15, 0.2) is 0 Å². The van der Waals surface area contributed by atoms with Crippen LogP contribution in [0.2, 0.25) is 5.02 Å². The highest BCUT2D eigenvalue weighted by atomic mass is 35.5. The monoisotopic (exact) mass is 483 g/mol. The van der Waals surface area contributed by atoms with Crippen molar-refractivity contribution in [3.05, 3.63) is 56.9 Å². The molecule has 1 saturated heterocycles. The van der Waals surface area contributed by atoms with E-state index >= 15 is 0 Å². The van der Waals surface area contributed by atoms with Gasteiger partial charge in [-0.25, -0.2) is 0 Å². The number of benzene rings is 1. The van der Waals surface area contributed by atoms with Crippen molar-refractivity contribution in [2.75, 3.05) is 26.2 Å². The Kier molecular flexibility index (Phi) is 5.41. The van der Waals surface area contributed by atoms with Crippen LogP contribution in [0.15, 0.2) is 30.5 Å². The number of aromatic nitrogens is 2. The summed E-state index contributed by atoms with van der Waals surface area (Å²) in [4.78, 5) is 28.8. The van der Waals surface area contributed by atoms with Crippen LogP contribution in [0, 0.1) is 27.9 Å². The van der Waals surface area contributed by atoms with Gasteiger partial charge in [-0.1, -0.05) is 23.7 Å². The van der Waals surface area contributed by atoms with Gasteiger partial charge >= 0.3 is 5.69 Å². The maximum Gasteiger partial charge on any atom is 0.320 e. The van der Waals surface area contributed by atoms with E-state index in [4.69, 9.17) is 11.6 Å². The number of rotatable bonds is 5. The van der Waals surface area contributed by atoms with Crippen LogP contribution in [0.1, 0.15) is 54.6 Å². The molecule has 0 spiro atoms. The first-order chi connectivity index (χ1) is 16.4. The van der Waals surface area contributed by atoms with Crippen molar-refractivity contribution in [1.29, 1.82) is 0 Å². The lowest BCUT2D eigenvalue weighted by Gasteiger charge is -2.56. The number of piperazine rings is 1. The van der Waals surface area contributed by atoms with Crippen molar-refractivity contribution in [3.63, 3.8) is 0 Å². The van der Waals surface area contributed by atoms with Crippen LogP contribution in [0.5, 0.6) is 0 Å². The van der Waals surface area contributed by atoms with E-state index in [1.807, 2.05) is 28.9 Å². The highest BCUT2D eigenvalue weighted by Gasteiger charge is 2.53. The van der Waals surface area contributed by atoms with Crippen molar-refractivity contribution in [2.24, 2.45) is 17.8 Å². The average molecular weight is 484 g/mol. The number of carbonyl (C=O) groups is 1. The molecule has 0 unspecified atom stereocenters. The molecule has 180 valence electrons. The number of carbonyl (C=O) groups excluding carboxylic acids is 1. The SMILES string of the molecule is O=C(c1nn(C23CC4CC(CC(C4)C2)C3)cc1[N+](=O)[O-])N1CCN(Cc2ccc(Cl)cc2)CC1. The molecule has 0 N–H and O–H groups in total. The molecule has 5 fully saturated rings. The lowest BCUT2D eigenvalue weighted by molar-refractivity contribution is -0.385. The minimum atomic E-state index is -0.436. The number of hydrogen-bond donors (Lipinski definition) is 0. The molecular weight excluding hydrogens is 454 g/mol. The van der Waals surface area contributed by atoms with Crippen LogP contribution in [0.4, 0.5) is 5.69 Å². The second kappa shape index (κ2) is 8.34. The second-order valence-electron chi connectivity index (χ2n) is 10.9. The van der Waals surface area contributed by atoms with E-state index in [2.05, 4.69) is 10.00 Å². The van der Waals surface area contributed by atoms with Crippen molar-refractivity contribution in [2.45, 2.75) is 50.6 Å². The maximum atomic E-state index is 13.4. The van der Waals surface area contributed by atoms with Crippen LogP contribution < -0.4 is 0 Å². The van der Waals surface area contributed by atoms with Gasteiger partial charge in [0, 0.05) is 37.7 Å². The normalized spacial score (nSPS) is 30.6. The Hall–Kier alpha value is -2.45. The van der Waals surface area contributed by atoms with Crippen LogP contribution in [0.25, 0.3) is 0 Å². The van der Waals surface area contributed by atoms with Gasteiger partial charge in [0.2, 0.25) is 5.69 Å². The molecule has 1 aromatic carbocycles. The molecule has 4 aliphatic carbocycles. The molecule has 1 amide bonds. The van der Waals surface area contributed by atoms with Crippen LogP contribution >= 0.6 is 11.6 Å². The lowest BCUT2D eigenvalue weighted by atomic mass is 9.53. The van der Waals surface area contributed by atoms with E-state index < -0.39 is 4.92 Å². The Morgan fingerprint density at radius 3 is 2.18 bits per heavy atom. The Morgan fingerprint density at radius 1 is 1.03 bits per heavy atom. The maximum absolute atomic E-state index is 13.4. The number of nitrogens with zero attached hydrogens (tertiary/aromatic N) is 5. The summed E-state index contributed by atoms with van der Waals surface area (Å²) < 4.78 is 1.83. The Morgan fingerprint density at radius 2 is 1.62 bits per heavy atom. The summed E-state index contributed by atoms with van der Waals surface area (Å²) in [6.07, 6.45) is 8.52. The van der Waals surface area contributed by atoms with Crippen LogP contribution in [0.3, 0.4) is 0 Å². The van der Waals surface area contributed by atoms with Gasteiger partial charge in [-0.3, -0.25) is 24.5 Å². The van der Waals surface area contributed by atoms with Crippen LogP contribution in [-0.2, 0) is 12.1 Å². The number of hydrogen-bond acceptors (Lipinski definition) is 5. The van der Waals surface area contributed by atoms with E-state index in [-0.39, 0.29) is 22.8 Å². The third kappa shape index (κ3) is 3.90. The predicted molar refractivity (Wildman–Crippen MR) is 128 cm³/mol. The molecule has 0 atom stereocenters. The highest BCUT2D eigenvalue weighted by molar-refractivity contribution is 6.30. The molecule has 4 bridgehead atoms. The first kappa shape index (κ1) is 22.0. The highest BCUT2D eigenvalue weighted by Crippen LogP contribution is 2.58. The smallest absolute Gasteiger partial charge is 0.320 e. The first-order valence-electron chi connectivity index (χ1n) is 12.4. The number of nitro groups is 1. The summed E-state index contributed by atoms with van der Waals surface area (Å²) in [5.41, 5.74) is 0.889. The van der Waals surface area contributed by atoms with Gasteiger partial charge in [0.05, 0.1) is 10.5 Å². The van der Waals surface area contributed by atoms with E-state index in [1.54, 1.807) is 11.1 Å². The largest absolute Gasteiger partial charge is 0.334 e. The van der Waals surface area contributed by atoms with E-state index in [9.17, 15) is 14.9 Å². The predicted octanol–water partition coefficient (Wildman–Crippen LogP) is 4.33. The number of amides is 1. The minimum Gasteiger partial charge on any atom is -0.334 e. The Labute approximate surface area is 204 Å². The second-order valence-corrected chi connectivity index (χ2v) is 11.3. The third-order valence-electron chi connectivity index (χ3n) is 8.57. The zero-order valence-electron chi connectivity index (χ0n) is 19.2. The fourth-order valence-electron chi connectivity index (χ4n) is 7.35. The Balaban J connectivity index is 1.18. The summed E-state index contributed by atoms with van der Waals surface area (Å²) in [5, 5.41) is 17.3. The van der Waals surface area contributed by atoms with Gasteiger partial charge in [-0.05, 0) is 74.0 Å². The van der Waals surface area contributed by atoms with Crippen molar-refractivity contribution < 1.29 is 9.72 Å². The fraction of sp³-hybridized carbons (Fsp3) is 0.600. The van der Waals surface area contributed by atoms with E-state index in [0.717, 1.165) is 38.9 Å². The van der Waals surface area contributed by atoms with Crippen molar-refractivity contribution in [3.8, 4) is 0 Å². The lowest BCUT2D eigenvalue weighted by Crippen LogP contribution is -2.52. The van der Waals surface area contributed by atoms with Gasteiger partial charge in [-0.15, -0.1) is 0 Å². The van der Waals surface area contributed by atoms with Crippen LogP contribution in [-0.4, -0.2) is 56.6 Å².